The molecular formula is C9H19F3NO7S2Si-. The number of sulfonamides is 1. The van der Waals surface area contributed by atoms with Gasteiger partial charge in [0.05, 0.1) is 13.2 Å². The summed E-state index contributed by atoms with van der Waals surface area (Å²) in [5.74, 6) is 0. The third kappa shape index (κ3) is 9.58. The largest absolute Gasteiger partial charge is 0.480 e. The summed E-state index contributed by atoms with van der Waals surface area (Å²) in [6.07, 6.45) is 0.659. The van der Waals surface area contributed by atoms with Crippen LogP contribution in [0.1, 0.15) is 6.42 Å². The molecule has 0 aromatic heterocycles. The first-order valence-electron chi connectivity index (χ1n) is 6.30. The molecule has 14 heteroatoms. The van der Waals surface area contributed by atoms with Gasteiger partial charge in [0.15, 0.2) is 18.3 Å². The maximum absolute atomic E-state index is 12.0. The van der Waals surface area contributed by atoms with Gasteiger partial charge in [-0.2, -0.15) is 13.2 Å². The Morgan fingerprint density at radius 2 is 1.61 bits per heavy atom. The lowest BCUT2D eigenvalue weighted by molar-refractivity contribution is -0.0425. The van der Waals surface area contributed by atoms with Crippen LogP contribution in [0.2, 0.25) is 19.1 Å². The number of nitrogens with zero attached hydrogens (tertiary/aromatic N) is 1. The summed E-state index contributed by atoms with van der Waals surface area (Å²) in [6, 6.07) is 0.807. The molecule has 0 fully saturated rings. The van der Waals surface area contributed by atoms with Gasteiger partial charge in [0.25, 0.3) is 0 Å². The molecule has 0 amide bonds. The van der Waals surface area contributed by atoms with Crippen molar-refractivity contribution in [3.8, 4) is 0 Å². The minimum Gasteiger partial charge on any atom is -0.420 e. The van der Waals surface area contributed by atoms with E-state index in [9.17, 15) is 30.0 Å². The highest BCUT2D eigenvalue weighted by atomic mass is 32.3. The molecule has 0 aromatic carbocycles. The van der Waals surface area contributed by atoms with E-state index in [-0.39, 0.29) is 13.2 Å². The first kappa shape index (κ1) is 22.7. The van der Waals surface area contributed by atoms with Crippen molar-refractivity contribution < 1.29 is 43.4 Å². The number of hydrogen-bond donors (Lipinski definition) is 0. The minimum absolute atomic E-state index is 0.240. The summed E-state index contributed by atoms with van der Waals surface area (Å²) in [7, 11) is -11.5. The van der Waals surface area contributed by atoms with Gasteiger partial charge in [0, 0.05) is 13.7 Å². The molecule has 0 atom stereocenters. The Kier molecular flexibility index (Phi) is 8.63. The monoisotopic (exact) mass is 402 g/mol. The molecule has 0 saturated heterocycles. The second-order valence-corrected chi connectivity index (χ2v) is 12.5. The van der Waals surface area contributed by atoms with E-state index in [4.69, 9.17) is 9.16 Å². The first-order chi connectivity index (χ1) is 10.2. The Bertz CT molecular complexity index is 562. The zero-order valence-electron chi connectivity index (χ0n) is 12.8. The third-order valence-corrected chi connectivity index (χ3v) is 7.79. The van der Waals surface area contributed by atoms with Gasteiger partial charge in [-0.15, -0.1) is 0 Å². The van der Waals surface area contributed by atoms with Crippen LogP contribution in [-0.2, 0) is 33.7 Å². The van der Waals surface area contributed by atoms with E-state index < -0.39 is 40.8 Å². The summed E-state index contributed by atoms with van der Waals surface area (Å²) >= 11 is 0. The number of hydrogen-bond acceptors (Lipinski definition) is 7. The number of ether oxygens (including phenoxy) is 1. The van der Waals surface area contributed by atoms with Crippen molar-refractivity contribution in [2.75, 3.05) is 26.9 Å². The normalized spacial score (nSPS) is 14.2. The summed E-state index contributed by atoms with van der Waals surface area (Å²) in [6.45, 7) is 3.40. The second kappa shape index (κ2) is 8.73. The Balaban J connectivity index is 4.06. The van der Waals surface area contributed by atoms with E-state index >= 15 is 0 Å². The van der Waals surface area contributed by atoms with E-state index in [1.165, 1.54) is 0 Å². The highest BCUT2D eigenvalue weighted by molar-refractivity contribution is 8.10. The Hall–Kier alpha value is -0.253. The highest BCUT2D eigenvalue weighted by Crippen LogP contribution is 2.30. The molecule has 0 saturated carbocycles. The lowest BCUT2D eigenvalue weighted by Gasteiger charge is -2.21. The number of alkyl halides is 3. The standard InChI is InChI=1S/C9H19F3NO7S2Si/c1-18-23(2,3)8-4-5-19-6-7-20-22(16,17)13-21(14,15)9(10,11)12/h4-8H2,1-3H3/q-1. The Labute approximate surface area is 134 Å². The molecule has 0 heterocycles. The molecule has 0 rings (SSSR count). The van der Waals surface area contributed by atoms with E-state index in [2.05, 4.69) is 4.18 Å². The van der Waals surface area contributed by atoms with Crippen molar-refractivity contribution in [1.29, 1.82) is 0 Å². The molecule has 23 heavy (non-hydrogen) atoms. The van der Waals surface area contributed by atoms with Gasteiger partial charge in [-0.3, -0.25) is 4.18 Å². The van der Waals surface area contributed by atoms with Crippen LogP contribution in [0.25, 0.3) is 4.13 Å². The molecule has 0 unspecified atom stereocenters. The van der Waals surface area contributed by atoms with E-state index in [0.717, 1.165) is 6.04 Å². The molecule has 0 bridgehead atoms. The van der Waals surface area contributed by atoms with Crippen LogP contribution in [0, 0.1) is 0 Å². The van der Waals surface area contributed by atoms with Crippen LogP contribution in [-0.4, -0.2) is 57.6 Å². The summed E-state index contributed by atoms with van der Waals surface area (Å²) in [4.78, 5) is 0. The van der Waals surface area contributed by atoms with Crippen LogP contribution in [0.3, 0.4) is 0 Å². The fourth-order valence-electron chi connectivity index (χ4n) is 1.19. The van der Waals surface area contributed by atoms with Crippen LogP contribution in [0.4, 0.5) is 13.2 Å². The average molecular weight is 402 g/mol. The maximum Gasteiger partial charge on any atom is 0.480 e. The van der Waals surface area contributed by atoms with Crippen molar-refractivity contribution >= 4 is 28.6 Å². The molecule has 0 aliphatic heterocycles. The average Bonchev–Trinajstić information content (AvgIpc) is 2.34. The van der Waals surface area contributed by atoms with Crippen LogP contribution in [0.5, 0.6) is 0 Å². The van der Waals surface area contributed by atoms with Crippen molar-refractivity contribution in [1.82, 2.24) is 0 Å². The quantitative estimate of drug-likeness (QED) is 0.382. The molecule has 8 nitrogen and oxygen atoms in total. The number of halogens is 3. The molecule has 0 radical (unpaired) electrons. The molecule has 0 aliphatic carbocycles. The highest BCUT2D eigenvalue weighted by Gasteiger charge is 2.40. The molecule has 0 N–H and O–H groups in total. The Morgan fingerprint density at radius 1 is 1.04 bits per heavy atom. The molecule has 140 valence electrons. The molecule has 0 spiro atoms. The summed E-state index contributed by atoms with van der Waals surface area (Å²) in [5.41, 5.74) is -5.81. The van der Waals surface area contributed by atoms with E-state index in [1.54, 1.807) is 11.2 Å². The predicted molar refractivity (Wildman–Crippen MR) is 77.9 cm³/mol. The SMILES string of the molecule is CO[Si](C)(C)CCCOCCOS(=O)(=O)[N-]S(=O)(=O)C(F)(F)F. The topological polar surface area (TPSA) is 110 Å². The molecule has 0 aromatic rings. The fraction of sp³-hybridized carbons (Fsp3) is 1.00. The summed E-state index contributed by atoms with van der Waals surface area (Å²) < 4.78 is 95.2. The molecular weight excluding hydrogens is 383 g/mol. The van der Waals surface area contributed by atoms with Gasteiger partial charge in [-0.1, -0.05) is 0 Å². The van der Waals surface area contributed by atoms with Gasteiger partial charge in [0.1, 0.15) is 0 Å². The predicted octanol–water partition coefficient (Wildman–Crippen LogP) is 1.73. The Morgan fingerprint density at radius 3 is 2.09 bits per heavy atom. The van der Waals surface area contributed by atoms with Crippen molar-refractivity contribution in [3.63, 3.8) is 0 Å². The van der Waals surface area contributed by atoms with Gasteiger partial charge in [-0.05, 0) is 25.6 Å². The van der Waals surface area contributed by atoms with Gasteiger partial charge in [0.2, 0.25) is 10.3 Å². The zero-order valence-corrected chi connectivity index (χ0v) is 15.4. The first-order valence-corrected chi connectivity index (χ1v) is 12.2. The zero-order chi connectivity index (χ0) is 18.4. The van der Waals surface area contributed by atoms with Crippen LogP contribution >= 0.6 is 0 Å². The fourth-order valence-corrected chi connectivity index (χ4v) is 4.14. The second-order valence-electron chi connectivity index (χ2n) is 4.92. The van der Waals surface area contributed by atoms with Crippen LogP contribution < -0.4 is 0 Å². The van der Waals surface area contributed by atoms with E-state index in [1.807, 2.05) is 13.1 Å². The van der Waals surface area contributed by atoms with Crippen LogP contribution in [0.15, 0.2) is 0 Å². The van der Waals surface area contributed by atoms with E-state index in [0.29, 0.717) is 6.42 Å². The minimum atomic E-state index is -6.16. The van der Waals surface area contributed by atoms with Crippen molar-refractivity contribution in [3.05, 3.63) is 4.13 Å². The number of rotatable bonds is 11. The lowest BCUT2D eigenvalue weighted by Crippen LogP contribution is -2.28. The van der Waals surface area contributed by atoms with Crippen molar-refractivity contribution in [2.45, 2.75) is 31.1 Å². The van der Waals surface area contributed by atoms with Gasteiger partial charge in [-0.25, -0.2) is 16.8 Å². The van der Waals surface area contributed by atoms with Gasteiger partial charge < -0.3 is 13.3 Å². The van der Waals surface area contributed by atoms with Crippen molar-refractivity contribution in [2.24, 2.45) is 0 Å². The molecule has 0 aliphatic rings. The maximum atomic E-state index is 12.0. The lowest BCUT2D eigenvalue weighted by atomic mass is 10.5. The summed E-state index contributed by atoms with van der Waals surface area (Å²) in [5, 5.41) is 0. The smallest absolute Gasteiger partial charge is 0.420 e. The van der Waals surface area contributed by atoms with Gasteiger partial charge >= 0.3 is 5.51 Å². The third-order valence-electron chi connectivity index (χ3n) is 2.56.